The second-order valence-corrected chi connectivity index (χ2v) is 5.43. The molecule has 0 fully saturated rings. The molecule has 1 rings (SSSR count). The van der Waals surface area contributed by atoms with Gasteiger partial charge in [0.05, 0.1) is 5.02 Å². The first-order chi connectivity index (χ1) is 7.00. The first-order valence-corrected chi connectivity index (χ1v) is 6.27. The average Bonchev–Trinajstić information content (AvgIpc) is 2.18. The maximum absolute atomic E-state index is 11.6. The van der Waals surface area contributed by atoms with Gasteiger partial charge in [-0.25, -0.2) is 0 Å². The molecule has 82 valence electrons. The van der Waals surface area contributed by atoms with Crippen molar-refractivity contribution < 1.29 is 4.79 Å². The highest BCUT2D eigenvalue weighted by Gasteiger charge is 2.08. The lowest BCUT2D eigenvalue weighted by molar-refractivity contribution is 0.0954. The minimum absolute atomic E-state index is 0.0757. The summed E-state index contributed by atoms with van der Waals surface area (Å²) < 4.78 is 0.927. The van der Waals surface area contributed by atoms with Gasteiger partial charge in [0.15, 0.2) is 0 Å². The number of halogens is 3. The zero-order chi connectivity index (χ0) is 11.4. The molecule has 0 aliphatic rings. The highest BCUT2D eigenvalue weighted by Crippen LogP contribution is 2.19. The van der Waals surface area contributed by atoms with Crippen molar-refractivity contribution in [1.82, 2.24) is 5.32 Å². The Morgan fingerprint density at radius 2 is 2.27 bits per heavy atom. The topological polar surface area (TPSA) is 29.1 Å². The van der Waals surface area contributed by atoms with Crippen LogP contribution in [0, 0.1) is 3.57 Å². The van der Waals surface area contributed by atoms with Gasteiger partial charge in [0.25, 0.3) is 5.91 Å². The molecule has 1 aromatic rings. The van der Waals surface area contributed by atoms with Gasteiger partial charge in [-0.15, -0.1) is 11.6 Å². The van der Waals surface area contributed by atoms with Gasteiger partial charge in [-0.05, 0) is 47.7 Å². The van der Waals surface area contributed by atoms with Gasteiger partial charge < -0.3 is 5.32 Å². The van der Waals surface area contributed by atoms with Crippen molar-refractivity contribution in [2.24, 2.45) is 0 Å². The van der Waals surface area contributed by atoms with Crippen LogP contribution >= 0.6 is 45.8 Å². The lowest BCUT2D eigenvalue weighted by Crippen LogP contribution is -2.28. The predicted octanol–water partition coefficient (Wildman–Crippen LogP) is 3.30. The largest absolute Gasteiger partial charge is 0.351 e. The Balaban J connectivity index is 2.70. The minimum Gasteiger partial charge on any atom is -0.351 e. The second-order valence-electron chi connectivity index (χ2n) is 3.12. The van der Waals surface area contributed by atoms with Crippen molar-refractivity contribution in [1.29, 1.82) is 0 Å². The standard InChI is InChI=1S/C10H10Cl2INO/c1-6(11)5-14-10(15)7-2-3-9(13)8(12)4-7/h2-4,6H,5H2,1H3,(H,14,15). The number of benzene rings is 1. The lowest BCUT2D eigenvalue weighted by Gasteiger charge is -2.07. The van der Waals surface area contributed by atoms with Crippen LogP contribution in [0.2, 0.25) is 5.02 Å². The van der Waals surface area contributed by atoms with E-state index < -0.39 is 0 Å². The van der Waals surface area contributed by atoms with Crippen LogP contribution in [-0.2, 0) is 0 Å². The van der Waals surface area contributed by atoms with Gasteiger partial charge in [0.1, 0.15) is 0 Å². The Morgan fingerprint density at radius 3 is 2.80 bits per heavy atom. The number of carbonyl (C=O) groups excluding carboxylic acids is 1. The third-order valence-electron chi connectivity index (χ3n) is 1.73. The number of hydrogen-bond donors (Lipinski definition) is 1. The maximum atomic E-state index is 11.6. The maximum Gasteiger partial charge on any atom is 0.251 e. The summed E-state index contributed by atoms with van der Waals surface area (Å²) >= 11 is 13.7. The van der Waals surface area contributed by atoms with Gasteiger partial charge in [-0.2, -0.15) is 0 Å². The molecule has 0 bridgehead atoms. The van der Waals surface area contributed by atoms with Crippen LogP contribution in [0.3, 0.4) is 0 Å². The van der Waals surface area contributed by atoms with E-state index in [1.54, 1.807) is 12.1 Å². The van der Waals surface area contributed by atoms with Crippen molar-refractivity contribution in [3.63, 3.8) is 0 Å². The summed E-state index contributed by atoms with van der Waals surface area (Å²) in [6.45, 7) is 2.27. The van der Waals surface area contributed by atoms with E-state index in [0.29, 0.717) is 17.1 Å². The number of hydrogen-bond acceptors (Lipinski definition) is 1. The molecule has 1 unspecified atom stereocenters. The Bertz CT molecular complexity index is 368. The zero-order valence-corrected chi connectivity index (χ0v) is 11.7. The molecule has 1 N–H and O–H groups in total. The summed E-state index contributed by atoms with van der Waals surface area (Å²) in [6, 6.07) is 5.20. The van der Waals surface area contributed by atoms with Crippen LogP contribution in [0.25, 0.3) is 0 Å². The summed E-state index contributed by atoms with van der Waals surface area (Å²) in [6.07, 6.45) is 0. The van der Waals surface area contributed by atoms with Crippen LogP contribution in [-0.4, -0.2) is 17.8 Å². The van der Waals surface area contributed by atoms with Crippen molar-refractivity contribution >= 4 is 51.7 Å². The lowest BCUT2D eigenvalue weighted by atomic mass is 10.2. The van der Waals surface area contributed by atoms with Crippen molar-refractivity contribution in [3.05, 3.63) is 32.4 Å². The van der Waals surface area contributed by atoms with Crippen LogP contribution < -0.4 is 5.32 Å². The van der Waals surface area contributed by atoms with Crippen molar-refractivity contribution in [2.45, 2.75) is 12.3 Å². The Morgan fingerprint density at radius 1 is 1.60 bits per heavy atom. The first kappa shape index (κ1) is 13.1. The van der Waals surface area contributed by atoms with Crippen LogP contribution in [0.5, 0.6) is 0 Å². The predicted molar refractivity (Wildman–Crippen MR) is 71.8 cm³/mol. The van der Waals surface area contributed by atoms with Crippen molar-refractivity contribution in [3.8, 4) is 0 Å². The molecule has 0 aliphatic heterocycles. The normalized spacial score (nSPS) is 12.3. The van der Waals surface area contributed by atoms with Crippen LogP contribution in [0.15, 0.2) is 18.2 Å². The van der Waals surface area contributed by atoms with Gasteiger partial charge in [0, 0.05) is 21.1 Å². The van der Waals surface area contributed by atoms with E-state index in [-0.39, 0.29) is 11.3 Å². The first-order valence-electron chi connectivity index (χ1n) is 4.38. The molecule has 1 aromatic carbocycles. The fourth-order valence-electron chi connectivity index (χ4n) is 0.973. The van der Waals surface area contributed by atoms with E-state index in [1.807, 2.05) is 13.0 Å². The second kappa shape index (κ2) is 5.92. The molecule has 0 saturated carbocycles. The van der Waals surface area contributed by atoms with E-state index in [2.05, 4.69) is 27.9 Å². The quantitative estimate of drug-likeness (QED) is 0.652. The average molecular weight is 358 g/mol. The summed E-state index contributed by atoms with van der Waals surface area (Å²) in [7, 11) is 0. The molecule has 0 aliphatic carbocycles. The van der Waals surface area contributed by atoms with E-state index in [1.165, 1.54) is 0 Å². The van der Waals surface area contributed by atoms with E-state index in [4.69, 9.17) is 23.2 Å². The molecule has 0 radical (unpaired) electrons. The number of rotatable bonds is 3. The molecule has 2 nitrogen and oxygen atoms in total. The zero-order valence-electron chi connectivity index (χ0n) is 8.06. The number of nitrogens with one attached hydrogen (secondary N) is 1. The summed E-state index contributed by atoms with van der Waals surface area (Å²) in [5.41, 5.74) is 0.553. The Hall–Kier alpha value is -0.0000000000000000555. The smallest absolute Gasteiger partial charge is 0.251 e. The third-order valence-corrected chi connectivity index (χ3v) is 3.45. The van der Waals surface area contributed by atoms with Gasteiger partial charge in [-0.3, -0.25) is 4.79 Å². The Labute approximate surface area is 112 Å². The minimum atomic E-state index is -0.152. The third kappa shape index (κ3) is 4.17. The molecular weight excluding hydrogens is 348 g/mol. The molecular formula is C10H10Cl2INO. The van der Waals surface area contributed by atoms with Gasteiger partial charge in [0.2, 0.25) is 0 Å². The van der Waals surface area contributed by atoms with Crippen LogP contribution in [0.1, 0.15) is 17.3 Å². The number of carbonyl (C=O) groups is 1. The molecule has 0 aromatic heterocycles. The number of alkyl halides is 1. The SMILES string of the molecule is CC(Cl)CNC(=O)c1ccc(I)c(Cl)c1. The van der Waals surface area contributed by atoms with Crippen LogP contribution in [0.4, 0.5) is 0 Å². The Kier molecular flexibility index (Phi) is 5.15. The van der Waals surface area contributed by atoms with Crippen molar-refractivity contribution in [2.75, 3.05) is 6.54 Å². The molecule has 15 heavy (non-hydrogen) atoms. The molecule has 1 atom stereocenters. The highest BCUT2D eigenvalue weighted by atomic mass is 127. The molecule has 1 amide bonds. The van der Waals surface area contributed by atoms with E-state index in [9.17, 15) is 4.79 Å². The molecule has 0 spiro atoms. The fraction of sp³-hybridized carbons (Fsp3) is 0.300. The number of amides is 1. The van der Waals surface area contributed by atoms with E-state index >= 15 is 0 Å². The molecule has 0 saturated heterocycles. The van der Waals surface area contributed by atoms with Gasteiger partial charge >= 0.3 is 0 Å². The fourth-order valence-corrected chi connectivity index (χ4v) is 1.57. The molecule has 0 heterocycles. The highest BCUT2D eigenvalue weighted by molar-refractivity contribution is 14.1. The molecule has 5 heteroatoms. The summed E-state index contributed by atoms with van der Waals surface area (Å²) in [5.74, 6) is -0.152. The summed E-state index contributed by atoms with van der Waals surface area (Å²) in [5, 5.41) is 3.22. The summed E-state index contributed by atoms with van der Waals surface area (Å²) in [4.78, 5) is 11.6. The van der Waals surface area contributed by atoms with E-state index in [0.717, 1.165) is 3.57 Å². The monoisotopic (exact) mass is 357 g/mol. The van der Waals surface area contributed by atoms with Gasteiger partial charge in [-0.1, -0.05) is 11.6 Å².